The highest BCUT2D eigenvalue weighted by Gasteiger charge is 2.38. The fourth-order valence-electron chi connectivity index (χ4n) is 1.66. The Labute approximate surface area is 119 Å². The molecule has 0 aliphatic carbocycles. The molecule has 3 atom stereocenters. The summed E-state index contributed by atoms with van der Waals surface area (Å²) in [5, 5.41) is 10.4. The molecule has 0 aliphatic heterocycles. The molecule has 0 saturated heterocycles. The molecule has 1 N–H and O–H groups in total. The Kier molecular flexibility index (Phi) is 6.93. The summed E-state index contributed by atoms with van der Waals surface area (Å²) in [5.41, 5.74) is 0. The van der Waals surface area contributed by atoms with Gasteiger partial charge in [0.15, 0.2) is 8.32 Å². The van der Waals surface area contributed by atoms with Crippen LogP contribution in [-0.4, -0.2) is 31.9 Å². The van der Waals surface area contributed by atoms with Crippen molar-refractivity contribution >= 4 is 14.1 Å². The van der Waals surface area contributed by atoms with Gasteiger partial charge in [-0.15, -0.1) is 0 Å². The molecule has 4 heteroatoms. The van der Waals surface area contributed by atoms with Crippen LogP contribution in [-0.2, 0) is 9.22 Å². The first-order valence-corrected chi connectivity index (χ1v) is 10.2. The van der Waals surface area contributed by atoms with Crippen LogP contribution in [0.2, 0.25) is 18.1 Å². The second kappa shape index (κ2) is 7.00. The molecule has 0 aromatic rings. The molecule has 19 heavy (non-hydrogen) atoms. The fourth-order valence-corrected chi connectivity index (χ4v) is 2.77. The third kappa shape index (κ3) is 5.36. The van der Waals surface area contributed by atoms with Crippen molar-refractivity contribution < 1.29 is 14.3 Å². The molecule has 3 nitrogen and oxygen atoms in total. The second-order valence-corrected chi connectivity index (χ2v) is 12.0. The van der Waals surface area contributed by atoms with Crippen molar-refractivity contribution in [3.8, 4) is 0 Å². The molecule has 0 aromatic heterocycles. The van der Waals surface area contributed by atoms with Crippen molar-refractivity contribution in [3.05, 3.63) is 0 Å². The van der Waals surface area contributed by atoms with E-state index < -0.39 is 14.4 Å². The highest BCUT2D eigenvalue weighted by Crippen LogP contribution is 2.37. The summed E-state index contributed by atoms with van der Waals surface area (Å²) in [6, 6.07) is 0. The quantitative estimate of drug-likeness (QED) is 0.728. The number of carbonyl (C=O) groups is 1. The van der Waals surface area contributed by atoms with Crippen LogP contribution in [0.4, 0.5) is 0 Å². The number of carbonyl (C=O) groups excluding carboxylic acids is 1. The minimum absolute atomic E-state index is 0.0142. The zero-order valence-electron chi connectivity index (χ0n) is 13.9. The average molecular weight is 289 g/mol. The minimum atomic E-state index is -1.78. The van der Waals surface area contributed by atoms with E-state index in [2.05, 4.69) is 33.9 Å². The van der Waals surface area contributed by atoms with Gasteiger partial charge in [-0.2, -0.15) is 0 Å². The van der Waals surface area contributed by atoms with Crippen LogP contribution in [0.3, 0.4) is 0 Å². The summed E-state index contributed by atoms with van der Waals surface area (Å²) in [6.07, 6.45) is -0.133. The number of aliphatic hydroxyl groups is 1. The molecular weight excluding hydrogens is 256 g/mol. The maximum atomic E-state index is 11.6. The predicted molar refractivity (Wildman–Crippen MR) is 82.8 cm³/mol. The van der Waals surface area contributed by atoms with Crippen LogP contribution in [0.5, 0.6) is 0 Å². The van der Waals surface area contributed by atoms with E-state index >= 15 is 0 Å². The van der Waals surface area contributed by atoms with Crippen LogP contribution < -0.4 is 0 Å². The number of ketones is 1. The SMILES string of the molecule is CCC(=O)[C@@H](C)[C@@H](O)[C@H](C)CO[Si](C)(C)C(C)(C)C. The van der Waals surface area contributed by atoms with Crippen molar-refractivity contribution in [3.63, 3.8) is 0 Å². The zero-order chi connectivity index (χ0) is 15.4. The number of rotatable bonds is 7. The van der Waals surface area contributed by atoms with Gasteiger partial charge in [-0.1, -0.05) is 41.5 Å². The lowest BCUT2D eigenvalue weighted by atomic mass is 9.90. The van der Waals surface area contributed by atoms with Crippen molar-refractivity contribution in [2.24, 2.45) is 11.8 Å². The molecule has 0 aromatic carbocycles. The standard InChI is InChI=1S/C15H32O3Si/c1-9-13(16)12(3)14(17)11(2)10-18-19(7,8)15(4,5)6/h11-12,14,17H,9-10H2,1-8H3/t11-,12-,14+/m1/s1. The topological polar surface area (TPSA) is 46.5 Å². The lowest BCUT2D eigenvalue weighted by Crippen LogP contribution is -2.43. The number of hydrogen-bond donors (Lipinski definition) is 1. The van der Waals surface area contributed by atoms with Gasteiger partial charge in [0.1, 0.15) is 5.78 Å². The lowest BCUT2D eigenvalue weighted by Gasteiger charge is -2.37. The van der Waals surface area contributed by atoms with Crippen molar-refractivity contribution in [1.82, 2.24) is 0 Å². The Balaban J connectivity index is 4.47. The maximum Gasteiger partial charge on any atom is 0.191 e. The highest BCUT2D eigenvalue weighted by molar-refractivity contribution is 6.74. The van der Waals surface area contributed by atoms with Gasteiger partial charge < -0.3 is 9.53 Å². The average Bonchev–Trinajstić information content (AvgIpc) is 2.31. The molecule has 0 amide bonds. The molecule has 0 heterocycles. The van der Waals surface area contributed by atoms with Gasteiger partial charge in [-0.25, -0.2) is 0 Å². The van der Waals surface area contributed by atoms with Gasteiger partial charge in [-0.3, -0.25) is 4.79 Å². The zero-order valence-corrected chi connectivity index (χ0v) is 14.9. The van der Waals surface area contributed by atoms with Gasteiger partial charge in [0, 0.05) is 24.9 Å². The van der Waals surface area contributed by atoms with Gasteiger partial charge >= 0.3 is 0 Å². The second-order valence-electron chi connectivity index (χ2n) is 7.15. The van der Waals surface area contributed by atoms with E-state index in [4.69, 9.17) is 4.43 Å². The number of aliphatic hydroxyl groups excluding tert-OH is 1. The predicted octanol–water partition coefficient (Wildman–Crippen LogP) is 3.62. The Bertz CT molecular complexity index is 294. The largest absolute Gasteiger partial charge is 0.416 e. The fraction of sp³-hybridized carbons (Fsp3) is 0.933. The molecule has 0 radical (unpaired) electrons. The van der Waals surface area contributed by atoms with E-state index in [0.717, 1.165) is 0 Å². The summed E-state index contributed by atoms with van der Waals surface area (Å²) in [7, 11) is -1.78. The Morgan fingerprint density at radius 2 is 1.74 bits per heavy atom. The van der Waals surface area contributed by atoms with Crippen LogP contribution >= 0.6 is 0 Å². The van der Waals surface area contributed by atoms with E-state index in [0.29, 0.717) is 13.0 Å². The van der Waals surface area contributed by atoms with Crippen molar-refractivity contribution in [1.29, 1.82) is 0 Å². The van der Waals surface area contributed by atoms with E-state index in [1.807, 2.05) is 13.8 Å². The van der Waals surface area contributed by atoms with E-state index in [1.165, 1.54) is 0 Å². The first kappa shape index (κ1) is 18.8. The van der Waals surface area contributed by atoms with Crippen LogP contribution in [0.15, 0.2) is 0 Å². The summed E-state index contributed by atoms with van der Waals surface area (Å²) in [4.78, 5) is 11.6. The lowest BCUT2D eigenvalue weighted by molar-refractivity contribution is -0.126. The molecule has 0 fully saturated rings. The summed E-state index contributed by atoms with van der Waals surface area (Å²) in [6.45, 7) is 17.1. The summed E-state index contributed by atoms with van der Waals surface area (Å²) in [5.74, 6) is -0.200. The smallest absolute Gasteiger partial charge is 0.191 e. The van der Waals surface area contributed by atoms with Gasteiger partial charge in [0.25, 0.3) is 0 Å². The molecule has 0 rings (SSSR count). The molecule has 0 saturated carbocycles. The molecule has 0 unspecified atom stereocenters. The monoisotopic (exact) mass is 288 g/mol. The maximum absolute atomic E-state index is 11.6. The molecule has 0 aliphatic rings. The first-order chi connectivity index (χ1) is 8.44. The normalized spacial score (nSPS) is 17.9. The van der Waals surface area contributed by atoms with Crippen LogP contribution in [0, 0.1) is 11.8 Å². The third-order valence-electron chi connectivity index (χ3n) is 4.46. The van der Waals surface area contributed by atoms with Crippen molar-refractivity contribution in [2.45, 2.75) is 72.2 Å². The first-order valence-electron chi connectivity index (χ1n) is 7.28. The highest BCUT2D eigenvalue weighted by atomic mass is 28.4. The molecule has 114 valence electrons. The van der Waals surface area contributed by atoms with Gasteiger partial charge in [0.05, 0.1) is 6.10 Å². The van der Waals surface area contributed by atoms with Crippen molar-refractivity contribution in [2.75, 3.05) is 6.61 Å². The third-order valence-corrected chi connectivity index (χ3v) is 8.97. The number of Topliss-reactive ketones (excluding diaryl/α,β-unsaturated/α-hetero) is 1. The molecular formula is C15H32O3Si. The van der Waals surface area contributed by atoms with E-state index in [1.54, 1.807) is 6.92 Å². The molecule has 0 spiro atoms. The summed E-state index contributed by atoms with van der Waals surface area (Å²) < 4.78 is 6.11. The van der Waals surface area contributed by atoms with E-state index in [-0.39, 0.29) is 22.7 Å². The van der Waals surface area contributed by atoms with Crippen LogP contribution in [0.1, 0.15) is 48.0 Å². The Morgan fingerprint density at radius 3 is 2.11 bits per heavy atom. The van der Waals surface area contributed by atoms with E-state index in [9.17, 15) is 9.90 Å². The van der Waals surface area contributed by atoms with Gasteiger partial charge in [0.2, 0.25) is 0 Å². The number of hydrogen-bond acceptors (Lipinski definition) is 3. The Morgan fingerprint density at radius 1 is 1.26 bits per heavy atom. The molecule has 0 bridgehead atoms. The Hall–Kier alpha value is -0.193. The summed E-state index contributed by atoms with van der Waals surface area (Å²) >= 11 is 0. The van der Waals surface area contributed by atoms with Gasteiger partial charge in [-0.05, 0) is 18.1 Å². The van der Waals surface area contributed by atoms with Crippen LogP contribution in [0.25, 0.3) is 0 Å². The minimum Gasteiger partial charge on any atom is -0.416 e.